The highest BCUT2D eigenvalue weighted by Crippen LogP contribution is 2.22. The van der Waals surface area contributed by atoms with Crippen molar-refractivity contribution in [1.82, 2.24) is 15.3 Å². The third kappa shape index (κ3) is 3.72. The standard InChI is InChI=1S/C16H18N4O2/c1-22-14-6-2-11(3-7-14)8-17-15(21)12-9-18-16(19-10-12)20-13-4-5-13/h2-3,6-7,9-10,13H,4-5,8H2,1H3,(H,17,21)(H,18,19,20). The van der Waals surface area contributed by atoms with Crippen molar-refractivity contribution >= 4 is 11.9 Å². The molecule has 0 bridgehead atoms. The summed E-state index contributed by atoms with van der Waals surface area (Å²) in [4.78, 5) is 20.4. The van der Waals surface area contributed by atoms with E-state index >= 15 is 0 Å². The van der Waals surface area contributed by atoms with Crippen LogP contribution >= 0.6 is 0 Å². The van der Waals surface area contributed by atoms with Crippen molar-refractivity contribution in [3.63, 3.8) is 0 Å². The Balaban J connectivity index is 1.53. The van der Waals surface area contributed by atoms with Gasteiger partial charge in [-0.05, 0) is 30.5 Å². The first-order valence-electron chi connectivity index (χ1n) is 7.24. The van der Waals surface area contributed by atoms with Crippen molar-refractivity contribution in [2.24, 2.45) is 0 Å². The van der Waals surface area contributed by atoms with Crippen molar-refractivity contribution in [3.8, 4) is 5.75 Å². The number of hydrogen-bond donors (Lipinski definition) is 2. The Morgan fingerprint density at radius 2 is 1.91 bits per heavy atom. The number of nitrogens with one attached hydrogen (secondary N) is 2. The maximum atomic E-state index is 12.1. The molecule has 1 aliphatic rings. The van der Waals surface area contributed by atoms with E-state index in [2.05, 4.69) is 20.6 Å². The van der Waals surface area contributed by atoms with E-state index in [-0.39, 0.29) is 5.91 Å². The fraction of sp³-hybridized carbons (Fsp3) is 0.312. The van der Waals surface area contributed by atoms with Gasteiger partial charge in [-0.15, -0.1) is 0 Å². The van der Waals surface area contributed by atoms with Gasteiger partial charge < -0.3 is 15.4 Å². The van der Waals surface area contributed by atoms with Crippen LogP contribution in [0.1, 0.15) is 28.8 Å². The van der Waals surface area contributed by atoms with Crippen LogP contribution in [-0.4, -0.2) is 29.0 Å². The van der Waals surface area contributed by atoms with E-state index in [0.29, 0.717) is 24.1 Å². The highest BCUT2D eigenvalue weighted by atomic mass is 16.5. The lowest BCUT2D eigenvalue weighted by atomic mass is 10.2. The molecule has 0 radical (unpaired) electrons. The summed E-state index contributed by atoms with van der Waals surface area (Å²) in [6, 6.07) is 8.05. The van der Waals surface area contributed by atoms with Crippen LogP contribution in [0.2, 0.25) is 0 Å². The lowest BCUT2D eigenvalue weighted by Crippen LogP contribution is -2.23. The minimum absolute atomic E-state index is 0.186. The first-order chi connectivity index (χ1) is 10.7. The Hall–Kier alpha value is -2.63. The molecule has 2 N–H and O–H groups in total. The molecule has 0 aliphatic heterocycles. The van der Waals surface area contributed by atoms with Gasteiger partial charge in [0.25, 0.3) is 5.91 Å². The number of amides is 1. The molecule has 0 unspecified atom stereocenters. The molecule has 114 valence electrons. The quantitative estimate of drug-likeness (QED) is 0.853. The van der Waals surface area contributed by atoms with Crippen molar-refractivity contribution in [2.45, 2.75) is 25.4 Å². The van der Waals surface area contributed by atoms with Crippen LogP contribution in [0.3, 0.4) is 0 Å². The van der Waals surface area contributed by atoms with E-state index in [1.165, 1.54) is 0 Å². The molecule has 1 aromatic carbocycles. The molecule has 2 aromatic rings. The Morgan fingerprint density at radius 1 is 1.23 bits per heavy atom. The third-order valence-corrected chi connectivity index (χ3v) is 3.44. The van der Waals surface area contributed by atoms with Gasteiger partial charge in [-0.25, -0.2) is 9.97 Å². The van der Waals surface area contributed by atoms with Gasteiger partial charge in [0.15, 0.2) is 0 Å². The summed E-state index contributed by atoms with van der Waals surface area (Å²) in [5, 5.41) is 6.03. The SMILES string of the molecule is COc1ccc(CNC(=O)c2cnc(NC3CC3)nc2)cc1. The number of benzene rings is 1. The van der Waals surface area contributed by atoms with E-state index in [0.717, 1.165) is 24.2 Å². The number of anilines is 1. The smallest absolute Gasteiger partial charge is 0.254 e. The van der Waals surface area contributed by atoms with Crippen molar-refractivity contribution in [1.29, 1.82) is 0 Å². The fourth-order valence-corrected chi connectivity index (χ4v) is 1.96. The summed E-state index contributed by atoms with van der Waals surface area (Å²) in [5.41, 5.74) is 1.46. The minimum atomic E-state index is -0.186. The molecule has 3 rings (SSSR count). The molecule has 1 fully saturated rings. The number of aromatic nitrogens is 2. The summed E-state index contributed by atoms with van der Waals surface area (Å²) < 4.78 is 5.10. The predicted molar refractivity (Wildman–Crippen MR) is 82.8 cm³/mol. The van der Waals surface area contributed by atoms with Crippen molar-refractivity contribution in [3.05, 3.63) is 47.8 Å². The highest BCUT2D eigenvalue weighted by Gasteiger charge is 2.21. The zero-order chi connectivity index (χ0) is 15.4. The maximum Gasteiger partial charge on any atom is 0.254 e. The first kappa shape index (κ1) is 14.3. The van der Waals surface area contributed by atoms with Gasteiger partial charge in [-0.1, -0.05) is 12.1 Å². The number of nitrogens with zero attached hydrogens (tertiary/aromatic N) is 2. The monoisotopic (exact) mass is 298 g/mol. The second kappa shape index (κ2) is 6.43. The molecule has 0 saturated heterocycles. The van der Waals surface area contributed by atoms with Crippen LogP contribution in [0, 0.1) is 0 Å². The third-order valence-electron chi connectivity index (χ3n) is 3.44. The Labute approximate surface area is 128 Å². The Bertz CT molecular complexity index is 636. The molecule has 1 aliphatic carbocycles. The van der Waals surface area contributed by atoms with Gasteiger partial charge in [0.05, 0.1) is 12.7 Å². The molecule has 0 spiro atoms. The summed E-state index contributed by atoms with van der Waals surface area (Å²) in [7, 11) is 1.62. The number of carbonyl (C=O) groups is 1. The van der Waals surface area contributed by atoms with Crippen LogP contribution in [-0.2, 0) is 6.54 Å². The average Bonchev–Trinajstić information content (AvgIpc) is 3.38. The van der Waals surface area contributed by atoms with Crippen LogP contribution in [0.25, 0.3) is 0 Å². The Kier molecular flexibility index (Phi) is 4.18. The van der Waals surface area contributed by atoms with Crippen LogP contribution in [0.15, 0.2) is 36.7 Å². The van der Waals surface area contributed by atoms with Crippen LogP contribution in [0.5, 0.6) is 5.75 Å². The molecule has 1 aromatic heterocycles. The van der Waals surface area contributed by atoms with E-state index in [9.17, 15) is 4.79 Å². The van der Waals surface area contributed by atoms with Gasteiger partial charge in [-0.2, -0.15) is 0 Å². The van der Waals surface area contributed by atoms with Crippen LogP contribution < -0.4 is 15.4 Å². The first-order valence-corrected chi connectivity index (χ1v) is 7.24. The van der Waals surface area contributed by atoms with Crippen molar-refractivity contribution < 1.29 is 9.53 Å². The van der Waals surface area contributed by atoms with E-state index in [1.54, 1.807) is 19.5 Å². The molecule has 1 saturated carbocycles. The number of carbonyl (C=O) groups excluding carboxylic acids is 1. The van der Waals surface area contributed by atoms with Gasteiger partial charge >= 0.3 is 0 Å². The molecular formula is C16H18N4O2. The lowest BCUT2D eigenvalue weighted by Gasteiger charge is -2.07. The number of methoxy groups -OCH3 is 1. The van der Waals surface area contributed by atoms with Crippen LogP contribution in [0.4, 0.5) is 5.95 Å². The number of hydrogen-bond acceptors (Lipinski definition) is 5. The molecule has 6 heteroatoms. The van der Waals surface area contributed by atoms with Gasteiger partial charge in [0, 0.05) is 25.0 Å². The van der Waals surface area contributed by atoms with Crippen molar-refractivity contribution in [2.75, 3.05) is 12.4 Å². The van der Waals surface area contributed by atoms with E-state index in [1.807, 2.05) is 24.3 Å². The zero-order valence-electron chi connectivity index (χ0n) is 12.4. The van der Waals surface area contributed by atoms with E-state index < -0.39 is 0 Å². The van der Waals surface area contributed by atoms with Gasteiger partial charge in [-0.3, -0.25) is 4.79 Å². The zero-order valence-corrected chi connectivity index (χ0v) is 12.4. The molecule has 22 heavy (non-hydrogen) atoms. The molecule has 1 amide bonds. The minimum Gasteiger partial charge on any atom is -0.497 e. The maximum absolute atomic E-state index is 12.1. The van der Waals surface area contributed by atoms with Gasteiger partial charge in [0.2, 0.25) is 5.95 Å². The lowest BCUT2D eigenvalue weighted by molar-refractivity contribution is 0.0950. The average molecular weight is 298 g/mol. The van der Waals surface area contributed by atoms with E-state index in [4.69, 9.17) is 4.74 Å². The topological polar surface area (TPSA) is 76.1 Å². The largest absolute Gasteiger partial charge is 0.497 e. The summed E-state index contributed by atoms with van der Waals surface area (Å²) in [6.45, 7) is 0.449. The summed E-state index contributed by atoms with van der Waals surface area (Å²) >= 11 is 0. The summed E-state index contributed by atoms with van der Waals surface area (Å²) in [5.74, 6) is 1.19. The molecule has 0 atom stereocenters. The fourth-order valence-electron chi connectivity index (χ4n) is 1.96. The van der Waals surface area contributed by atoms with Gasteiger partial charge in [0.1, 0.15) is 5.75 Å². The normalized spacial score (nSPS) is 13.5. The number of rotatable bonds is 6. The number of ether oxygens (including phenoxy) is 1. The summed E-state index contributed by atoms with van der Waals surface area (Å²) in [6.07, 6.45) is 5.41. The molecular weight excluding hydrogens is 280 g/mol. The second-order valence-corrected chi connectivity index (χ2v) is 5.24. The predicted octanol–water partition coefficient (Wildman–Crippen LogP) is 1.99. The Morgan fingerprint density at radius 3 is 2.50 bits per heavy atom. The molecule has 6 nitrogen and oxygen atoms in total. The highest BCUT2D eigenvalue weighted by molar-refractivity contribution is 5.93. The molecule has 1 heterocycles. The second-order valence-electron chi connectivity index (χ2n) is 5.24.